The van der Waals surface area contributed by atoms with Crippen LogP contribution < -0.4 is 0 Å². The van der Waals surface area contributed by atoms with Gasteiger partial charge in [-0.1, -0.05) is 351 Å². The molecule has 0 aliphatic rings. The van der Waals surface area contributed by atoms with Crippen LogP contribution in [0.5, 0.6) is 0 Å². The van der Waals surface area contributed by atoms with Crippen molar-refractivity contribution >= 4 is 39.5 Å². The highest BCUT2D eigenvalue weighted by molar-refractivity contribution is 7.47. The standard InChI is InChI=1S/C79H154O17P2/c1-9-72(8)58-50-42-34-25-19-12-10-11-13-21-27-37-45-53-61-78(83)95-74(65-89-76(81)59-51-43-35-26-20-15-14-17-23-31-39-47-55-69(2)3)67-93-97(85,86)91-63-73(80)64-92-98(87,88)94-68-75(66-90-77(82)60-52-44-36-30-29-33-41-49-57-71(6)7)96-79(84)62-54-46-38-28-22-16-18-24-32-40-48-56-70(4)5/h69-75,80H,9-68H2,1-8H3,(H,85,86)(H,87,88)/t72?,73-,74-,75-/m1/s1. The average molecular weight is 1440 g/mol. The van der Waals surface area contributed by atoms with Crippen molar-refractivity contribution in [2.75, 3.05) is 39.6 Å². The van der Waals surface area contributed by atoms with Gasteiger partial charge in [0.15, 0.2) is 12.2 Å². The van der Waals surface area contributed by atoms with Crippen LogP contribution in [0.3, 0.4) is 0 Å². The third kappa shape index (κ3) is 71.1. The van der Waals surface area contributed by atoms with Crippen LogP contribution in [0.1, 0.15) is 402 Å². The second-order valence-electron chi connectivity index (χ2n) is 30.1. The molecular weight excluding hydrogens is 1280 g/mol. The van der Waals surface area contributed by atoms with Gasteiger partial charge in [0.25, 0.3) is 0 Å². The van der Waals surface area contributed by atoms with Gasteiger partial charge in [0, 0.05) is 25.7 Å². The van der Waals surface area contributed by atoms with Crippen molar-refractivity contribution in [2.24, 2.45) is 23.7 Å². The summed E-state index contributed by atoms with van der Waals surface area (Å²) in [7, 11) is -9.92. The van der Waals surface area contributed by atoms with Crippen LogP contribution >= 0.6 is 15.6 Å². The van der Waals surface area contributed by atoms with Crippen LogP contribution in [0, 0.1) is 23.7 Å². The molecule has 17 nitrogen and oxygen atoms in total. The Balaban J connectivity index is 5.27. The van der Waals surface area contributed by atoms with Crippen molar-refractivity contribution < 1.29 is 80.2 Å². The fraction of sp³-hybridized carbons (Fsp3) is 0.949. The maximum atomic E-state index is 13.1. The Labute approximate surface area is 600 Å². The van der Waals surface area contributed by atoms with Crippen LogP contribution in [-0.2, 0) is 65.4 Å². The zero-order chi connectivity index (χ0) is 72.4. The highest BCUT2D eigenvalue weighted by atomic mass is 31.2. The van der Waals surface area contributed by atoms with E-state index < -0.39 is 97.5 Å². The molecule has 0 aliphatic carbocycles. The summed E-state index contributed by atoms with van der Waals surface area (Å²) in [5.41, 5.74) is 0. The van der Waals surface area contributed by atoms with Gasteiger partial charge in [-0.05, 0) is 49.4 Å². The second kappa shape index (κ2) is 68.2. The van der Waals surface area contributed by atoms with Crippen molar-refractivity contribution in [1.29, 1.82) is 0 Å². The van der Waals surface area contributed by atoms with Gasteiger partial charge < -0.3 is 33.8 Å². The summed E-state index contributed by atoms with van der Waals surface area (Å²) in [6.07, 6.45) is 54.0. The Kier molecular flexibility index (Phi) is 66.8. The minimum absolute atomic E-state index is 0.106. The summed E-state index contributed by atoms with van der Waals surface area (Å²) in [6, 6.07) is 0. The molecule has 3 N–H and O–H groups in total. The van der Waals surface area contributed by atoms with Crippen molar-refractivity contribution in [3.05, 3.63) is 0 Å². The first-order chi connectivity index (χ1) is 47.1. The number of rotatable bonds is 76. The highest BCUT2D eigenvalue weighted by Crippen LogP contribution is 2.45. The molecule has 19 heteroatoms. The third-order valence-corrected chi connectivity index (χ3v) is 20.6. The first-order valence-corrected chi connectivity index (χ1v) is 43.7. The molecule has 0 amide bonds. The highest BCUT2D eigenvalue weighted by Gasteiger charge is 2.30. The van der Waals surface area contributed by atoms with Crippen LogP contribution in [-0.4, -0.2) is 96.7 Å². The van der Waals surface area contributed by atoms with E-state index >= 15 is 0 Å². The number of carbonyl (C=O) groups is 4. The number of ether oxygens (including phenoxy) is 4. The first kappa shape index (κ1) is 96.1. The summed E-state index contributed by atoms with van der Waals surface area (Å²) >= 11 is 0. The fourth-order valence-corrected chi connectivity index (χ4v) is 13.6. The van der Waals surface area contributed by atoms with E-state index in [4.69, 9.17) is 37.0 Å². The molecule has 0 fully saturated rings. The molecule has 0 heterocycles. The SMILES string of the molecule is CCC(C)CCCCCCCCCCCCCCCCC(=O)O[C@H](COC(=O)CCCCCCCCCCCCCCC(C)C)COP(=O)(O)OC[C@@H](O)COP(=O)(O)OC[C@@H](COC(=O)CCCCCCCCCCC(C)C)OC(=O)CCCCCCCCCCCCCC(C)C. The van der Waals surface area contributed by atoms with E-state index in [9.17, 15) is 43.2 Å². The third-order valence-electron chi connectivity index (χ3n) is 18.7. The quantitative estimate of drug-likeness (QED) is 0.0222. The van der Waals surface area contributed by atoms with E-state index in [0.717, 1.165) is 114 Å². The van der Waals surface area contributed by atoms with Crippen LogP contribution in [0.15, 0.2) is 0 Å². The maximum absolute atomic E-state index is 13.1. The lowest BCUT2D eigenvalue weighted by Gasteiger charge is -2.21. The zero-order valence-corrected chi connectivity index (χ0v) is 66.2. The molecule has 0 aromatic rings. The Morgan fingerprint density at radius 1 is 0.286 bits per heavy atom. The van der Waals surface area contributed by atoms with E-state index in [1.54, 1.807) is 0 Å². The number of carbonyl (C=O) groups excluding carboxylic acids is 4. The molecule has 0 saturated heterocycles. The largest absolute Gasteiger partial charge is 0.472 e. The zero-order valence-electron chi connectivity index (χ0n) is 64.4. The molecule has 582 valence electrons. The number of hydrogen-bond donors (Lipinski definition) is 3. The molecule has 0 bridgehead atoms. The maximum Gasteiger partial charge on any atom is 0.472 e. The van der Waals surface area contributed by atoms with E-state index in [0.29, 0.717) is 25.7 Å². The number of unbranched alkanes of at least 4 members (excludes halogenated alkanes) is 41. The number of hydrogen-bond acceptors (Lipinski definition) is 15. The molecule has 0 aliphatic heterocycles. The van der Waals surface area contributed by atoms with Gasteiger partial charge in [-0.3, -0.25) is 37.3 Å². The van der Waals surface area contributed by atoms with Crippen molar-refractivity contribution in [3.63, 3.8) is 0 Å². The van der Waals surface area contributed by atoms with E-state index in [1.807, 2.05) is 0 Å². The summed E-state index contributed by atoms with van der Waals surface area (Å²) < 4.78 is 68.7. The summed E-state index contributed by atoms with van der Waals surface area (Å²) in [6.45, 7) is 14.3. The number of esters is 4. The lowest BCUT2D eigenvalue weighted by molar-refractivity contribution is -0.161. The van der Waals surface area contributed by atoms with Gasteiger partial charge in [-0.25, -0.2) is 9.13 Å². The lowest BCUT2D eigenvalue weighted by Crippen LogP contribution is -2.30. The molecule has 0 spiro atoms. The van der Waals surface area contributed by atoms with Gasteiger partial charge >= 0.3 is 39.5 Å². The molecule has 0 radical (unpaired) electrons. The predicted octanol–water partition coefficient (Wildman–Crippen LogP) is 23.2. The molecule has 0 aromatic carbocycles. The van der Waals surface area contributed by atoms with Gasteiger partial charge in [0.2, 0.25) is 0 Å². The van der Waals surface area contributed by atoms with Crippen LogP contribution in [0.2, 0.25) is 0 Å². The van der Waals surface area contributed by atoms with Crippen molar-refractivity contribution in [3.8, 4) is 0 Å². The first-order valence-electron chi connectivity index (χ1n) is 40.7. The second-order valence-corrected chi connectivity index (χ2v) is 33.0. The summed E-state index contributed by atoms with van der Waals surface area (Å²) in [5, 5.41) is 10.6. The summed E-state index contributed by atoms with van der Waals surface area (Å²) in [5.74, 6) is 1.00. The van der Waals surface area contributed by atoms with Crippen molar-refractivity contribution in [1.82, 2.24) is 0 Å². The number of phosphoric ester groups is 2. The molecule has 98 heavy (non-hydrogen) atoms. The van der Waals surface area contributed by atoms with Gasteiger partial charge in [-0.15, -0.1) is 0 Å². The van der Waals surface area contributed by atoms with Gasteiger partial charge in [0.05, 0.1) is 26.4 Å². The van der Waals surface area contributed by atoms with E-state index in [-0.39, 0.29) is 25.7 Å². The van der Waals surface area contributed by atoms with E-state index in [2.05, 4.69) is 55.4 Å². The Morgan fingerprint density at radius 3 is 0.724 bits per heavy atom. The minimum atomic E-state index is -4.96. The molecule has 0 aromatic heterocycles. The molecule has 0 saturated carbocycles. The van der Waals surface area contributed by atoms with Crippen LogP contribution in [0.4, 0.5) is 0 Å². The molecular formula is C79H154O17P2. The smallest absolute Gasteiger partial charge is 0.462 e. The fourth-order valence-electron chi connectivity index (χ4n) is 12.0. The summed E-state index contributed by atoms with van der Waals surface area (Å²) in [4.78, 5) is 73.0. The Hall–Kier alpha value is -1.94. The Bertz CT molecular complexity index is 1920. The predicted molar refractivity (Wildman–Crippen MR) is 400 cm³/mol. The van der Waals surface area contributed by atoms with Gasteiger partial charge in [-0.2, -0.15) is 0 Å². The number of aliphatic hydroxyl groups excluding tert-OH is 1. The van der Waals surface area contributed by atoms with E-state index in [1.165, 1.54) is 205 Å². The lowest BCUT2D eigenvalue weighted by atomic mass is 9.99. The normalized spacial score (nSPS) is 14.3. The Morgan fingerprint density at radius 2 is 0.490 bits per heavy atom. The van der Waals surface area contributed by atoms with Crippen molar-refractivity contribution in [2.45, 2.75) is 420 Å². The van der Waals surface area contributed by atoms with Crippen LogP contribution in [0.25, 0.3) is 0 Å². The number of phosphoric acid groups is 2. The monoisotopic (exact) mass is 1440 g/mol. The molecule has 6 atom stereocenters. The average Bonchev–Trinajstić information content (AvgIpc) is 0.981. The van der Waals surface area contributed by atoms with Gasteiger partial charge in [0.1, 0.15) is 19.3 Å². The molecule has 0 rings (SSSR count). The minimum Gasteiger partial charge on any atom is -0.462 e. The topological polar surface area (TPSA) is 237 Å². The molecule has 3 unspecified atom stereocenters. The number of aliphatic hydroxyl groups is 1.